The summed E-state index contributed by atoms with van der Waals surface area (Å²) in [5, 5.41) is 3.40. The predicted octanol–water partition coefficient (Wildman–Crippen LogP) is 2.43. The van der Waals surface area contributed by atoms with Gasteiger partial charge in [-0.3, -0.25) is 0 Å². The lowest BCUT2D eigenvalue weighted by atomic mass is 9.82. The SMILES string of the molecule is CC#CCNCC1CCCC(C)C1. The first-order valence-corrected chi connectivity index (χ1v) is 5.43. The first-order valence-electron chi connectivity index (χ1n) is 5.43. The monoisotopic (exact) mass is 179 g/mol. The normalized spacial score (nSPS) is 27.8. The van der Waals surface area contributed by atoms with E-state index >= 15 is 0 Å². The lowest BCUT2D eigenvalue weighted by Crippen LogP contribution is -2.26. The molecule has 0 aliphatic heterocycles. The Labute approximate surface area is 82.3 Å². The molecule has 74 valence electrons. The quantitative estimate of drug-likeness (QED) is 0.518. The second kappa shape index (κ2) is 6.05. The Bertz CT molecular complexity index is 187. The maximum absolute atomic E-state index is 3.40. The maximum Gasteiger partial charge on any atom is 0.0576 e. The molecular weight excluding hydrogens is 158 g/mol. The average molecular weight is 179 g/mol. The minimum atomic E-state index is 0.862. The van der Waals surface area contributed by atoms with Gasteiger partial charge in [0.1, 0.15) is 0 Å². The number of hydrogen-bond acceptors (Lipinski definition) is 1. The highest BCUT2D eigenvalue weighted by molar-refractivity contribution is 4.97. The van der Waals surface area contributed by atoms with Crippen molar-refractivity contribution in [2.75, 3.05) is 13.1 Å². The van der Waals surface area contributed by atoms with Gasteiger partial charge < -0.3 is 5.32 Å². The Hall–Kier alpha value is -0.480. The molecule has 2 unspecified atom stereocenters. The second-order valence-electron chi connectivity index (χ2n) is 4.20. The molecule has 0 radical (unpaired) electrons. The molecule has 1 aliphatic carbocycles. The maximum atomic E-state index is 3.40. The van der Waals surface area contributed by atoms with Gasteiger partial charge in [-0.1, -0.05) is 25.7 Å². The number of nitrogens with one attached hydrogen (secondary N) is 1. The van der Waals surface area contributed by atoms with Crippen LogP contribution in [0.3, 0.4) is 0 Å². The van der Waals surface area contributed by atoms with E-state index in [1.807, 2.05) is 6.92 Å². The van der Waals surface area contributed by atoms with E-state index in [0.29, 0.717) is 0 Å². The zero-order valence-electron chi connectivity index (χ0n) is 8.90. The fraction of sp³-hybridized carbons (Fsp3) is 0.833. The number of hydrogen-bond donors (Lipinski definition) is 1. The molecule has 1 nitrogen and oxygen atoms in total. The lowest BCUT2D eigenvalue weighted by molar-refractivity contribution is 0.277. The summed E-state index contributed by atoms with van der Waals surface area (Å²) in [4.78, 5) is 0. The van der Waals surface area contributed by atoms with Crippen LogP contribution in [0.25, 0.3) is 0 Å². The van der Waals surface area contributed by atoms with Gasteiger partial charge in [0.2, 0.25) is 0 Å². The molecule has 13 heavy (non-hydrogen) atoms. The second-order valence-corrected chi connectivity index (χ2v) is 4.20. The molecule has 2 atom stereocenters. The van der Waals surface area contributed by atoms with Crippen molar-refractivity contribution in [2.45, 2.75) is 39.5 Å². The van der Waals surface area contributed by atoms with E-state index in [1.165, 1.54) is 32.2 Å². The van der Waals surface area contributed by atoms with Crippen LogP contribution >= 0.6 is 0 Å². The Morgan fingerprint density at radius 1 is 1.38 bits per heavy atom. The average Bonchev–Trinajstić information content (AvgIpc) is 2.13. The van der Waals surface area contributed by atoms with Crippen molar-refractivity contribution in [1.29, 1.82) is 0 Å². The van der Waals surface area contributed by atoms with Gasteiger partial charge in [-0.15, -0.1) is 5.92 Å². The van der Waals surface area contributed by atoms with E-state index in [2.05, 4.69) is 24.1 Å². The summed E-state index contributed by atoms with van der Waals surface area (Å²) in [5.41, 5.74) is 0. The van der Waals surface area contributed by atoms with Gasteiger partial charge in [-0.2, -0.15) is 0 Å². The van der Waals surface area contributed by atoms with Gasteiger partial charge in [0.25, 0.3) is 0 Å². The summed E-state index contributed by atoms with van der Waals surface area (Å²) < 4.78 is 0. The molecule has 0 saturated heterocycles. The smallest absolute Gasteiger partial charge is 0.0576 e. The molecule has 1 rings (SSSR count). The third-order valence-corrected chi connectivity index (χ3v) is 2.87. The lowest BCUT2D eigenvalue weighted by Gasteiger charge is -2.26. The largest absolute Gasteiger partial charge is 0.306 e. The first kappa shape index (κ1) is 10.6. The molecule has 0 spiro atoms. The van der Waals surface area contributed by atoms with E-state index in [0.717, 1.165) is 18.4 Å². The van der Waals surface area contributed by atoms with E-state index in [9.17, 15) is 0 Å². The molecule has 0 bridgehead atoms. The van der Waals surface area contributed by atoms with Gasteiger partial charge >= 0.3 is 0 Å². The molecule has 1 aliphatic rings. The van der Waals surface area contributed by atoms with Crippen LogP contribution < -0.4 is 5.32 Å². The van der Waals surface area contributed by atoms with Crippen LogP contribution in [0, 0.1) is 23.7 Å². The third kappa shape index (κ3) is 4.33. The first-order chi connectivity index (χ1) is 6.33. The highest BCUT2D eigenvalue weighted by Crippen LogP contribution is 2.27. The fourth-order valence-electron chi connectivity index (χ4n) is 2.17. The summed E-state index contributed by atoms with van der Waals surface area (Å²) in [6, 6.07) is 0. The summed E-state index contributed by atoms with van der Waals surface area (Å²) in [6.07, 6.45) is 5.68. The predicted molar refractivity (Wildman–Crippen MR) is 57.4 cm³/mol. The van der Waals surface area contributed by atoms with Crippen molar-refractivity contribution < 1.29 is 0 Å². The highest BCUT2D eigenvalue weighted by Gasteiger charge is 2.17. The summed E-state index contributed by atoms with van der Waals surface area (Å²) >= 11 is 0. The summed E-state index contributed by atoms with van der Waals surface area (Å²) in [7, 11) is 0. The summed E-state index contributed by atoms with van der Waals surface area (Å²) in [5.74, 6) is 7.79. The van der Waals surface area contributed by atoms with Gasteiger partial charge in [0, 0.05) is 0 Å². The van der Waals surface area contributed by atoms with E-state index in [1.54, 1.807) is 0 Å². The minimum Gasteiger partial charge on any atom is -0.306 e. The van der Waals surface area contributed by atoms with Crippen LogP contribution in [0.5, 0.6) is 0 Å². The van der Waals surface area contributed by atoms with E-state index < -0.39 is 0 Å². The molecule has 0 aromatic heterocycles. The van der Waals surface area contributed by atoms with Crippen molar-refractivity contribution in [3.05, 3.63) is 0 Å². The van der Waals surface area contributed by atoms with E-state index in [-0.39, 0.29) is 0 Å². The zero-order chi connectivity index (χ0) is 9.52. The van der Waals surface area contributed by atoms with Gasteiger partial charge in [-0.25, -0.2) is 0 Å². The van der Waals surface area contributed by atoms with Crippen molar-refractivity contribution in [3.63, 3.8) is 0 Å². The van der Waals surface area contributed by atoms with Gasteiger partial charge in [-0.05, 0) is 38.1 Å². The Balaban J connectivity index is 2.08. The van der Waals surface area contributed by atoms with Crippen LogP contribution in [0.1, 0.15) is 39.5 Å². The summed E-state index contributed by atoms with van der Waals surface area (Å²) in [6.45, 7) is 6.29. The zero-order valence-corrected chi connectivity index (χ0v) is 8.90. The minimum absolute atomic E-state index is 0.862. The van der Waals surface area contributed by atoms with Gasteiger partial charge in [0.05, 0.1) is 6.54 Å². The Morgan fingerprint density at radius 2 is 2.23 bits per heavy atom. The Kier molecular flexibility index (Phi) is 4.93. The topological polar surface area (TPSA) is 12.0 Å². The van der Waals surface area contributed by atoms with Crippen molar-refractivity contribution >= 4 is 0 Å². The molecule has 0 heterocycles. The van der Waals surface area contributed by atoms with Crippen LogP contribution in [-0.4, -0.2) is 13.1 Å². The molecule has 0 amide bonds. The van der Waals surface area contributed by atoms with Gasteiger partial charge in [0.15, 0.2) is 0 Å². The van der Waals surface area contributed by atoms with Crippen LogP contribution in [-0.2, 0) is 0 Å². The number of rotatable bonds is 3. The van der Waals surface area contributed by atoms with E-state index in [4.69, 9.17) is 0 Å². The van der Waals surface area contributed by atoms with Crippen molar-refractivity contribution in [1.82, 2.24) is 5.32 Å². The molecule has 0 aromatic rings. The Morgan fingerprint density at radius 3 is 2.92 bits per heavy atom. The van der Waals surface area contributed by atoms with Crippen LogP contribution in [0.2, 0.25) is 0 Å². The molecular formula is C12H21N. The standard InChI is InChI=1S/C12H21N/c1-3-4-8-13-10-12-7-5-6-11(2)9-12/h11-13H,5-10H2,1-2H3. The molecule has 1 fully saturated rings. The van der Waals surface area contributed by atoms with Crippen LogP contribution in [0.15, 0.2) is 0 Å². The highest BCUT2D eigenvalue weighted by atomic mass is 14.8. The third-order valence-electron chi connectivity index (χ3n) is 2.87. The van der Waals surface area contributed by atoms with Crippen molar-refractivity contribution in [3.8, 4) is 11.8 Å². The molecule has 1 N–H and O–H groups in total. The van der Waals surface area contributed by atoms with Crippen molar-refractivity contribution in [2.24, 2.45) is 11.8 Å². The molecule has 1 heteroatoms. The van der Waals surface area contributed by atoms with Crippen LogP contribution in [0.4, 0.5) is 0 Å². The molecule has 0 aromatic carbocycles. The molecule has 1 saturated carbocycles. The fourth-order valence-corrected chi connectivity index (χ4v) is 2.17.